The van der Waals surface area contributed by atoms with Gasteiger partial charge in [0.1, 0.15) is 5.82 Å². The summed E-state index contributed by atoms with van der Waals surface area (Å²) in [6.45, 7) is 0. The highest BCUT2D eigenvalue weighted by Gasteiger charge is 2.14. The van der Waals surface area contributed by atoms with E-state index in [2.05, 4.69) is 19.8 Å². The van der Waals surface area contributed by atoms with Crippen LogP contribution in [0, 0.1) is 0 Å². The predicted molar refractivity (Wildman–Crippen MR) is 99.7 cm³/mol. The molecule has 0 fully saturated rings. The standard InChI is InChI=1S/C16H14N6O4S/c17-16-19-15-10-3-2-9(21-27(25)26)7-11(10)18-14(22(15)20-16)6-8-1-4-12(23)13(24)5-8/h1-5,7,21,23-24H,6H2,(H2,17,20)(H,25,26). The summed E-state index contributed by atoms with van der Waals surface area (Å²) < 4.78 is 23.9. The fourth-order valence-electron chi connectivity index (χ4n) is 2.82. The first-order valence-electron chi connectivity index (χ1n) is 7.74. The van der Waals surface area contributed by atoms with Gasteiger partial charge in [0.25, 0.3) is 11.3 Å². The van der Waals surface area contributed by atoms with Gasteiger partial charge in [-0.15, -0.1) is 5.10 Å². The molecule has 2 aromatic carbocycles. The molecule has 0 saturated carbocycles. The number of nitrogen functional groups attached to an aromatic ring is 1. The molecule has 2 aromatic heterocycles. The summed E-state index contributed by atoms with van der Waals surface area (Å²) >= 11 is -2.21. The average Bonchev–Trinajstić information content (AvgIpc) is 2.99. The van der Waals surface area contributed by atoms with Gasteiger partial charge in [0, 0.05) is 11.8 Å². The van der Waals surface area contributed by atoms with Gasteiger partial charge < -0.3 is 15.9 Å². The number of hydrogen-bond acceptors (Lipinski definition) is 7. The van der Waals surface area contributed by atoms with Crippen LogP contribution in [0.3, 0.4) is 0 Å². The molecule has 27 heavy (non-hydrogen) atoms. The van der Waals surface area contributed by atoms with Gasteiger partial charge in [-0.2, -0.15) is 9.50 Å². The first kappa shape index (κ1) is 17.0. The number of nitrogens with zero attached hydrogens (tertiary/aromatic N) is 4. The number of nitrogens with one attached hydrogen (secondary N) is 1. The normalized spacial score (nSPS) is 12.5. The van der Waals surface area contributed by atoms with Crippen LogP contribution in [0.25, 0.3) is 16.6 Å². The third-order valence-electron chi connectivity index (χ3n) is 3.96. The first-order valence-corrected chi connectivity index (χ1v) is 8.84. The maximum absolute atomic E-state index is 11.0. The number of phenols is 2. The zero-order valence-electron chi connectivity index (χ0n) is 13.7. The van der Waals surface area contributed by atoms with Crippen molar-refractivity contribution in [3.8, 4) is 11.5 Å². The predicted octanol–water partition coefficient (Wildman–Crippen LogP) is 1.41. The molecule has 0 saturated heterocycles. The minimum Gasteiger partial charge on any atom is -0.504 e. The van der Waals surface area contributed by atoms with Gasteiger partial charge in [0.2, 0.25) is 5.95 Å². The molecular weight excluding hydrogens is 372 g/mol. The molecule has 0 aliphatic carbocycles. The minimum absolute atomic E-state index is 0.0813. The van der Waals surface area contributed by atoms with Crippen molar-refractivity contribution in [2.45, 2.75) is 6.42 Å². The molecule has 0 radical (unpaired) electrons. The molecule has 4 rings (SSSR count). The second kappa shape index (κ2) is 6.37. The average molecular weight is 386 g/mol. The van der Waals surface area contributed by atoms with Gasteiger partial charge >= 0.3 is 0 Å². The quantitative estimate of drug-likeness (QED) is 0.260. The van der Waals surface area contributed by atoms with Gasteiger partial charge in [0.15, 0.2) is 17.1 Å². The number of benzene rings is 2. The molecule has 11 heteroatoms. The van der Waals surface area contributed by atoms with Crippen molar-refractivity contribution in [3.05, 3.63) is 47.8 Å². The summed E-state index contributed by atoms with van der Waals surface area (Å²) in [7, 11) is 0. The van der Waals surface area contributed by atoms with Crippen LogP contribution in [-0.2, 0) is 17.7 Å². The molecule has 0 aliphatic heterocycles. The Morgan fingerprint density at radius 3 is 2.67 bits per heavy atom. The number of anilines is 2. The molecule has 0 bridgehead atoms. The number of rotatable bonds is 4. The van der Waals surface area contributed by atoms with E-state index in [0.29, 0.717) is 33.6 Å². The summed E-state index contributed by atoms with van der Waals surface area (Å²) in [5.41, 5.74) is 7.89. The SMILES string of the molecule is Nc1nc2c3ccc(NS(=O)O)cc3nc(Cc3ccc(O)c(O)c3)n2n1. The Labute approximate surface area is 154 Å². The summed E-state index contributed by atoms with van der Waals surface area (Å²) in [4.78, 5) is 8.81. The lowest BCUT2D eigenvalue weighted by molar-refractivity contribution is 0.403. The van der Waals surface area contributed by atoms with E-state index < -0.39 is 11.3 Å². The zero-order chi connectivity index (χ0) is 19.1. The zero-order valence-corrected chi connectivity index (χ0v) is 14.5. The third kappa shape index (κ3) is 3.20. The monoisotopic (exact) mass is 386 g/mol. The van der Waals surface area contributed by atoms with E-state index in [1.54, 1.807) is 24.3 Å². The van der Waals surface area contributed by atoms with Gasteiger partial charge in [0.05, 0.1) is 11.2 Å². The molecule has 2 heterocycles. The van der Waals surface area contributed by atoms with Crippen LogP contribution in [0.2, 0.25) is 0 Å². The second-order valence-corrected chi connectivity index (χ2v) is 6.52. The van der Waals surface area contributed by atoms with E-state index >= 15 is 0 Å². The number of fused-ring (bicyclic) bond motifs is 3. The maximum Gasteiger partial charge on any atom is 0.259 e. The van der Waals surface area contributed by atoms with E-state index in [4.69, 9.17) is 10.3 Å². The molecule has 4 aromatic rings. The van der Waals surface area contributed by atoms with Crippen LogP contribution < -0.4 is 10.5 Å². The summed E-state index contributed by atoms with van der Waals surface area (Å²) in [5.74, 6) is 0.125. The first-order chi connectivity index (χ1) is 12.9. The molecule has 0 aliphatic rings. The van der Waals surface area contributed by atoms with Crippen molar-refractivity contribution in [3.63, 3.8) is 0 Å². The number of nitrogens with two attached hydrogens (primary N) is 1. The Morgan fingerprint density at radius 1 is 1.11 bits per heavy atom. The second-order valence-electron chi connectivity index (χ2n) is 5.82. The van der Waals surface area contributed by atoms with E-state index in [1.165, 1.54) is 16.6 Å². The number of aromatic nitrogens is 4. The van der Waals surface area contributed by atoms with E-state index in [-0.39, 0.29) is 23.9 Å². The van der Waals surface area contributed by atoms with Gasteiger partial charge in [-0.3, -0.25) is 9.27 Å². The van der Waals surface area contributed by atoms with Crippen molar-refractivity contribution >= 4 is 39.5 Å². The van der Waals surface area contributed by atoms with Crippen LogP contribution in [0.4, 0.5) is 11.6 Å². The van der Waals surface area contributed by atoms with Crippen molar-refractivity contribution in [1.82, 2.24) is 19.6 Å². The Bertz CT molecular complexity index is 1210. The lowest BCUT2D eigenvalue weighted by Gasteiger charge is -2.09. The van der Waals surface area contributed by atoms with E-state index in [0.717, 1.165) is 0 Å². The molecule has 6 N–H and O–H groups in total. The lowest BCUT2D eigenvalue weighted by Crippen LogP contribution is -2.06. The maximum atomic E-state index is 11.0. The van der Waals surface area contributed by atoms with Crippen molar-refractivity contribution < 1.29 is 19.0 Å². The molecule has 1 atom stereocenters. The fourth-order valence-corrected chi connectivity index (χ4v) is 3.15. The van der Waals surface area contributed by atoms with Crippen LogP contribution in [0.1, 0.15) is 11.4 Å². The van der Waals surface area contributed by atoms with E-state index in [1.807, 2.05) is 0 Å². The molecule has 0 spiro atoms. The smallest absolute Gasteiger partial charge is 0.259 e. The Kier molecular flexibility index (Phi) is 4.01. The highest BCUT2D eigenvalue weighted by atomic mass is 32.2. The van der Waals surface area contributed by atoms with Crippen LogP contribution in [-0.4, -0.2) is 38.6 Å². The summed E-state index contributed by atoms with van der Waals surface area (Å²) in [5, 5.41) is 24.0. The van der Waals surface area contributed by atoms with Crippen molar-refractivity contribution in [1.29, 1.82) is 0 Å². The molecule has 10 nitrogen and oxygen atoms in total. The van der Waals surface area contributed by atoms with E-state index in [9.17, 15) is 14.4 Å². The lowest BCUT2D eigenvalue weighted by atomic mass is 10.1. The molecule has 138 valence electrons. The largest absolute Gasteiger partial charge is 0.504 e. The fraction of sp³-hybridized carbons (Fsp3) is 0.0625. The Balaban J connectivity index is 1.88. The van der Waals surface area contributed by atoms with Crippen LogP contribution in [0.15, 0.2) is 36.4 Å². The number of hydrogen-bond donors (Lipinski definition) is 5. The Hall–Kier alpha value is -3.44. The molecular formula is C16H14N6O4S. The van der Waals surface area contributed by atoms with Gasteiger partial charge in [-0.1, -0.05) is 6.07 Å². The number of aromatic hydroxyl groups is 2. The topological polar surface area (TPSA) is 159 Å². The van der Waals surface area contributed by atoms with Crippen molar-refractivity contribution in [2.75, 3.05) is 10.5 Å². The van der Waals surface area contributed by atoms with Crippen LogP contribution >= 0.6 is 0 Å². The highest BCUT2D eigenvalue weighted by molar-refractivity contribution is 7.80. The van der Waals surface area contributed by atoms with Crippen LogP contribution in [0.5, 0.6) is 11.5 Å². The minimum atomic E-state index is -2.21. The number of phenolic OH excluding ortho intramolecular Hbond substituents is 2. The summed E-state index contributed by atoms with van der Waals surface area (Å²) in [6.07, 6.45) is 0.284. The molecule has 0 amide bonds. The molecule has 1 unspecified atom stereocenters. The highest BCUT2D eigenvalue weighted by Crippen LogP contribution is 2.27. The Morgan fingerprint density at radius 2 is 1.93 bits per heavy atom. The third-order valence-corrected chi connectivity index (χ3v) is 4.37. The van der Waals surface area contributed by atoms with Gasteiger partial charge in [-0.25, -0.2) is 9.19 Å². The van der Waals surface area contributed by atoms with Gasteiger partial charge in [-0.05, 0) is 35.9 Å². The summed E-state index contributed by atoms with van der Waals surface area (Å²) in [6, 6.07) is 9.42. The van der Waals surface area contributed by atoms with Crippen molar-refractivity contribution in [2.24, 2.45) is 0 Å².